The van der Waals surface area contributed by atoms with Crippen LogP contribution in [-0.2, 0) is 16.0 Å². The number of pyridine rings is 1. The molecule has 0 fully saturated rings. The number of aromatic nitrogens is 1. The number of aryl methyl sites for hydroxylation is 1. The predicted molar refractivity (Wildman–Crippen MR) is 98.0 cm³/mol. The highest BCUT2D eigenvalue weighted by Crippen LogP contribution is 2.25. The SMILES string of the molecule is O=C(CCCc1ccccc1)OC(c1cccc(F)c1)c1ccccn1. The Kier molecular flexibility index (Phi) is 6.09. The first kappa shape index (κ1) is 17.8. The van der Waals surface area contributed by atoms with Crippen LogP contribution < -0.4 is 0 Å². The van der Waals surface area contributed by atoms with Gasteiger partial charge in [0.2, 0.25) is 0 Å². The molecule has 0 N–H and O–H groups in total. The molecule has 0 saturated heterocycles. The summed E-state index contributed by atoms with van der Waals surface area (Å²) in [5, 5.41) is 0. The summed E-state index contributed by atoms with van der Waals surface area (Å²) < 4.78 is 19.3. The molecule has 0 aliphatic carbocycles. The molecule has 1 atom stereocenters. The first-order valence-corrected chi connectivity index (χ1v) is 8.62. The number of nitrogens with zero attached hydrogens (tertiary/aromatic N) is 1. The van der Waals surface area contributed by atoms with Crippen molar-refractivity contribution in [3.8, 4) is 0 Å². The smallest absolute Gasteiger partial charge is 0.306 e. The molecule has 0 saturated carbocycles. The second-order valence-electron chi connectivity index (χ2n) is 6.02. The average molecular weight is 349 g/mol. The molecule has 1 unspecified atom stereocenters. The standard InChI is InChI=1S/C22H20FNO2/c23-19-12-7-11-18(16-19)22(20-13-4-5-15-24-20)26-21(25)14-6-10-17-8-2-1-3-9-17/h1-5,7-9,11-13,15-16,22H,6,10,14H2. The summed E-state index contributed by atoms with van der Waals surface area (Å²) in [6.45, 7) is 0. The lowest BCUT2D eigenvalue weighted by Crippen LogP contribution is -2.14. The minimum absolute atomic E-state index is 0.299. The van der Waals surface area contributed by atoms with Gasteiger partial charge in [-0.25, -0.2) is 4.39 Å². The maximum absolute atomic E-state index is 13.6. The molecule has 0 spiro atoms. The molecule has 26 heavy (non-hydrogen) atoms. The predicted octanol–water partition coefficient (Wildman–Crippen LogP) is 4.88. The van der Waals surface area contributed by atoms with Crippen LogP contribution >= 0.6 is 0 Å². The summed E-state index contributed by atoms with van der Waals surface area (Å²) in [6, 6.07) is 21.4. The zero-order valence-corrected chi connectivity index (χ0v) is 14.3. The van der Waals surface area contributed by atoms with E-state index in [1.54, 1.807) is 30.5 Å². The molecule has 0 amide bonds. The molecule has 3 aromatic rings. The van der Waals surface area contributed by atoms with E-state index in [0.29, 0.717) is 24.1 Å². The maximum atomic E-state index is 13.6. The van der Waals surface area contributed by atoms with Crippen LogP contribution in [0.2, 0.25) is 0 Å². The monoisotopic (exact) mass is 349 g/mol. The number of esters is 1. The fourth-order valence-corrected chi connectivity index (χ4v) is 2.77. The molecule has 3 nitrogen and oxygen atoms in total. The van der Waals surface area contributed by atoms with Crippen molar-refractivity contribution < 1.29 is 13.9 Å². The Labute approximate surface area is 152 Å². The normalized spacial score (nSPS) is 11.7. The highest BCUT2D eigenvalue weighted by molar-refractivity contribution is 5.70. The van der Waals surface area contributed by atoms with Crippen LogP contribution in [0.5, 0.6) is 0 Å². The number of carbonyl (C=O) groups is 1. The topological polar surface area (TPSA) is 39.2 Å². The van der Waals surface area contributed by atoms with Crippen molar-refractivity contribution >= 4 is 5.97 Å². The Morgan fingerprint density at radius 3 is 2.54 bits per heavy atom. The van der Waals surface area contributed by atoms with Gasteiger partial charge in [-0.2, -0.15) is 0 Å². The van der Waals surface area contributed by atoms with Crippen molar-refractivity contribution in [2.45, 2.75) is 25.4 Å². The molecular weight excluding hydrogens is 329 g/mol. The number of rotatable bonds is 7. The van der Waals surface area contributed by atoms with Crippen LogP contribution in [0.3, 0.4) is 0 Å². The molecule has 0 radical (unpaired) electrons. The summed E-state index contributed by atoms with van der Waals surface area (Å²) in [5.74, 6) is -0.690. The van der Waals surface area contributed by atoms with Crippen LogP contribution in [0.4, 0.5) is 4.39 Å². The number of hydrogen-bond donors (Lipinski definition) is 0. The maximum Gasteiger partial charge on any atom is 0.306 e. The van der Waals surface area contributed by atoms with E-state index in [4.69, 9.17) is 4.74 Å². The van der Waals surface area contributed by atoms with E-state index in [0.717, 1.165) is 6.42 Å². The van der Waals surface area contributed by atoms with Gasteiger partial charge < -0.3 is 4.74 Å². The first-order chi connectivity index (χ1) is 12.7. The third-order valence-corrected chi connectivity index (χ3v) is 4.05. The summed E-state index contributed by atoms with van der Waals surface area (Å²) in [7, 11) is 0. The van der Waals surface area contributed by atoms with Gasteiger partial charge in [-0.1, -0.05) is 48.5 Å². The molecular formula is C22H20FNO2. The van der Waals surface area contributed by atoms with Gasteiger partial charge in [0.1, 0.15) is 5.82 Å². The average Bonchev–Trinajstić information content (AvgIpc) is 2.68. The molecule has 1 heterocycles. The highest BCUT2D eigenvalue weighted by Gasteiger charge is 2.20. The Morgan fingerprint density at radius 1 is 1.00 bits per heavy atom. The number of halogens is 1. The van der Waals surface area contributed by atoms with Gasteiger partial charge in [0.05, 0.1) is 5.69 Å². The van der Waals surface area contributed by atoms with E-state index in [2.05, 4.69) is 4.98 Å². The Morgan fingerprint density at radius 2 is 1.81 bits per heavy atom. The summed E-state index contributed by atoms with van der Waals surface area (Å²) >= 11 is 0. The van der Waals surface area contributed by atoms with E-state index in [1.165, 1.54) is 17.7 Å². The van der Waals surface area contributed by atoms with Gasteiger partial charge in [0.15, 0.2) is 6.10 Å². The molecule has 0 bridgehead atoms. The van der Waals surface area contributed by atoms with Crippen LogP contribution in [0.25, 0.3) is 0 Å². The molecule has 4 heteroatoms. The Balaban J connectivity index is 1.66. The molecule has 1 aromatic heterocycles. The van der Waals surface area contributed by atoms with Crippen LogP contribution in [0, 0.1) is 5.82 Å². The van der Waals surface area contributed by atoms with Crippen molar-refractivity contribution in [3.63, 3.8) is 0 Å². The second kappa shape index (κ2) is 8.90. The van der Waals surface area contributed by atoms with Gasteiger partial charge in [-0.05, 0) is 42.7 Å². The number of benzene rings is 2. The van der Waals surface area contributed by atoms with E-state index >= 15 is 0 Å². The number of ether oxygens (including phenoxy) is 1. The zero-order valence-electron chi connectivity index (χ0n) is 14.3. The number of hydrogen-bond acceptors (Lipinski definition) is 3. The lowest BCUT2D eigenvalue weighted by Gasteiger charge is -2.18. The van der Waals surface area contributed by atoms with Crippen LogP contribution in [0.1, 0.15) is 35.8 Å². The lowest BCUT2D eigenvalue weighted by atomic mass is 10.1. The molecule has 3 rings (SSSR count). The van der Waals surface area contributed by atoms with Crippen LogP contribution in [-0.4, -0.2) is 11.0 Å². The van der Waals surface area contributed by atoms with E-state index in [-0.39, 0.29) is 11.8 Å². The molecule has 132 valence electrons. The zero-order chi connectivity index (χ0) is 18.2. The Hall–Kier alpha value is -3.01. The van der Waals surface area contributed by atoms with Crippen molar-refractivity contribution in [2.75, 3.05) is 0 Å². The number of carbonyl (C=O) groups excluding carboxylic acids is 1. The minimum atomic E-state index is -0.712. The quantitative estimate of drug-likeness (QED) is 0.571. The summed E-state index contributed by atoms with van der Waals surface area (Å²) in [6.07, 6.45) is 2.72. The molecule has 0 aliphatic heterocycles. The van der Waals surface area contributed by atoms with Crippen molar-refractivity contribution in [3.05, 3.63) is 102 Å². The third kappa shape index (κ3) is 4.99. The van der Waals surface area contributed by atoms with Crippen molar-refractivity contribution in [1.82, 2.24) is 4.98 Å². The van der Waals surface area contributed by atoms with E-state index < -0.39 is 6.10 Å². The van der Waals surface area contributed by atoms with Gasteiger partial charge in [0.25, 0.3) is 0 Å². The van der Waals surface area contributed by atoms with Gasteiger partial charge >= 0.3 is 5.97 Å². The minimum Gasteiger partial charge on any atom is -0.451 e. The van der Waals surface area contributed by atoms with E-state index in [1.807, 2.05) is 36.4 Å². The van der Waals surface area contributed by atoms with Crippen molar-refractivity contribution in [1.29, 1.82) is 0 Å². The van der Waals surface area contributed by atoms with Crippen LogP contribution in [0.15, 0.2) is 79.0 Å². The van der Waals surface area contributed by atoms with Crippen molar-refractivity contribution in [2.24, 2.45) is 0 Å². The van der Waals surface area contributed by atoms with Gasteiger partial charge in [-0.15, -0.1) is 0 Å². The van der Waals surface area contributed by atoms with Gasteiger partial charge in [-0.3, -0.25) is 9.78 Å². The lowest BCUT2D eigenvalue weighted by molar-refractivity contribution is -0.147. The Bertz CT molecular complexity index is 837. The molecule has 0 aliphatic rings. The largest absolute Gasteiger partial charge is 0.451 e. The third-order valence-electron chi connectivity index (χ3n) is 4.05. The van der Waals surface area contributed by atoms with E-state index in [9.17, 15) is 9.18 Å². The summed E-state index contributed by atoms with van der Waals surface area (Å²) in [4.78, 5) is 16.6. The fraction of sp³-hybridized carbons (Fsp3) is 0.182. The second-order valence-corrected chi connectivity index (χ2v) is 6.02. The highest BCUT2D eigenvalue weighted by atomic mass is 19.1. The molecule has 2 aromatic carbocycles. The van der Waals surface area contributed by atoms with Gasteiger partial charge in [0, 0.05) is 18.2 Å². The summed E-state index contributed by atoms with van der Waals surface area (Å²) in [5.41, 5.74) is 2.33. The first-order valence-electron chi connectivity index (χ1n) is 8.62. The fourth-order valence-electron chi connectivity index (χ4n) is 2.77.